The number of benzene rings is 2. The number of carbonyl (C=O) groups excluding carboxylic acids is 1. The molecule has 1 aromatic heterocycles. The summed E-state index contributed by atoms with van der Waals surface area (Å²) in [6.07, 6.45) is 2.41. The number of nitrogens with zero attached hydrogens (tertiary/aromatic N) is 1. The second kappa shape index (κ2) is 11.7. The molecule has 166 valence electrons. The van der Waals surface area contributed by atoms with E-state index >= 15 is 0 Å². The van der Waals surface area contributed by atoms with Gasteiger partial charge in [-0.1, -0.05) is 45.2 Å². The van der Waals surface area contributed by atoms with Crippen molar-refractivity contribution in [3.8, 4) is 5.75 Å². The molecular weight excluding hydrogens is 616 g/mol. The number of ketones is 1. The molecule has 31 heavy (non-hydrogen) atoms. The number of hydrogen-bond acceptors (Lipinski definition) is 4. The van der Waals surface area contributed by atoms with Crippen LogP contribution in [0.4, 0.5) is 0 Å². The SMILES string of the molecule is [2H]C([2H])([2H])C([2H])([2H])N(CCOc1c(I)cc(C(=O)c2c(CCCC)oc3ccccc23)cc1I)C([2H])([2H])C([2H])([2H])[2H]. The molecule has 0 aliphatic carbocycles. The monoisotopic (exact) mass is 655 g/mol. The minimum atomic E-state index is -3.33. The van der Waals surface area contributed by atoms with Crippen molar-refractivity contribution in [3.63, 3.8) is 0 Å². The Kier molecular flexibility index (Phi) is 5.34. The normalized spacial score (nSPS) is 17.9. The molecule has 2 aromatic carbocycles. The number of hydrogen-bond donors (Lipinski definition) is 0. The summed E-state index contributed by atoms with van der Waals surface area (Å²) in [6.45, 7) is -12.3. The molecule has 0 aliphatic rings. The molecule has 4 nitrogen and oxygen atoms in total. The van der Waals surface area contributed by atoms with Crippen molar-refractivity contribution >= 4 is 61.9 Å². The summed E-state index contributed by atoms with van der Waals surface area (Å²) in [6, 6.07) is 10.6. The Hall–Kier alpha value is -1.13. The molecule has 0 N–H and O–H groups in total. The molecule has 0 unspecified atom stereocenters. The maximum absolute atomic E-state index is 13.7. The van der Waals surface area contributed by atoms with Crippen LogP contribution in [0.1, 0.15) is 68.9 Å². The maximum Gasteiger partial charge on any atom is 0.197 e. The standard InChI is InChI=1S/C25H29I2NO3/c1-4-7-11-22-23(18-10-8-9-12-21(18)31-22)24(29)17-15-19(26)25(20(27)16-17)30-14-13-28(5-2)6-3/h8-10,12,15-16H,4-7,11,13-14H2,1-3H3/i2D3,3D3,5D2,6D2. The number of rotatable bonds is 11. The second-order valence-corrected chi connectivity index (χ2v) is 9.15. The molecule has 0 amide bonds. The average molecular weight is 655 g/mol. The molecule has 3 rings (SSSR count). The lowest BCUT2D eigenvalue weighted by Gasteiger charge is -2.19. The van der Waals surface area contributed by atoms with Gasteiger partial charge in [0.1, 0.15) is 23.7 Å². The van der Waals surface area contributed by atoms with E-state index in [1.165, 1.54) is 0 Å². The van der Waals surface area contributed by atoms with Gasteiger partial charge < -0.3 is 14.1 Å². The van der Waals surface area contributed by atoms with E-state index in [1.54, 1.807) is 12.1 Å². The molecular formula is C25H29I2NO3. The summed E-state index contributed by atoms with van der Waals surface area (Å²) in [5.74, 6) is 0.719. The van der Waals surface area contributed by atoms with Crippen LogP contribution in [0.5, 0.6) is 5.75 Å². The molecule has 0 bridgehead atoms. The van der Waals surface area contributed by atoms with Crippen LogP contribution in [0.15, 0.2) is 40.8 Å². The zero-order chi connectivity index (χ0) is 31.0. The molecule has 1 heterocycles. The first-order chi connectivity index (χ1) is 18.8. The van der Waals surface area contributed by atoms with E-state index in [1.807, 2.05) is 69.4 Å². The first-order valence-electron chi connectivity index (χ1n) is 14.8. The highest BCUT2D eigenvalue weighted by Crippen LogP contribution is 2.33. The highest BCUT2D eigenvalue weighted by Gasteiger charge is 2.23. The van der Waals surface area contributed by atoms with Gasteiger partial charge in [0.25, 0.3) is 0 Å². The number of likely N-dealkylation sites (N-methyl/N-ethyl adjacent to an activating group) is 1. The number of ether oxygens (including phenoxy) is 1. The predicted molar refractivity (Wildman–Crippen MR) is 143 cm³/mol. The Morgan fingerprint density at radius 3 is 2.58 bits per heavy atom. The van der Waals surface area contributed by atoms with E-state index in [-0.39, 0.29) is 10.7 Å². The molecule has 0 fully saturated rings. The highest BCUT2D eigenvalue weighted by atomic mass is 127. The van der Waals surface area contributed by atoms with Crippen LogP contribution in [-0.2, 0) is 6.42 Å². The molecule has 6 heteroatoms. The Balaban J connectivity index is 1.90. The lowest BCUT2D eigenvalue weighted by atomic mass is 9.98. The van der Waals surface area contributed by atoms with Crippen LogP contribution in [0.25, 0.3) is 11.0 Å². The lowest BCUT2D eigenvalue weighted by Crippen LogP contribution is -2.28. The van der Waals surface area contributed by atoms with E-state index in [4.69, 9.17) is 22.9 Å². The van der Waals surface area contributed by atoms with Gasteiger partial charge in [-0.05, 0) is 82.8 Å². The smallest absolute Gasteiger partial charge is 0.197 e. The van der Waals surface area contributed by atoms with E-state index < -0.39 is 39.8 Å². The number of para-hydroxylation sites is 1. The largest absolute Gasteiger partial charge is 0.490 e. The highest BCUT2D eigenvalue weighted by molar-refractivity contribution is 14.1. The zero-order valence-electron chi connectivity index (χ0n) is 26.9. The molecule has 0 radical (unpaired) electrons. The van der Waals surface area contributed by atoms with Crippen LogP contribution < -0.4 is 4.74 Å². The summed E-state index contributed by atoms with van der Waals surface area (Å²) in [4.78, 5) is 13.9. The second-order valence-electron chi connectivity index (χ2n) is 6.82. The fourth-order valence-corrected chi connectivity index (χ4v) is 5.29. The summed E-state index contributed by atoms with van der Waals surface area (Å²) in [7, 11) is 0. The van der Waals surface area contributed by atoms with E-state index in [0.717, 1.165) is 18.2 Å². The van der Waals surface area contributed by atoms with Crippen molar-refractivity contribution in [2.75, 3.05) is 26.1 Å². The molecule has 0 saturated carbocycles. The van der Waals surface area contributed by atoms with Crippen molar-refractivity contribution in [1.29, 1.82) is 0 Å². The Morgan fingerprint density at radius 1 is 1.19 bits per heavy atom. The van der Waals surface area contributed by atoms with Crippen LogP contribution in [0.3, 0.4) is 0 Å². The molecule has 0 atom stereocenters. The zero-order valence-corrected chi connectivity index (χ0v) is 21.2. The summed E-state index contributed by atoms with van der Waals surface area (Å²) >= 11 is 3.96. The van der Waals surface area contributed by atoms with Crippen molar-refractivity contribution in [3.05, 3.63) is 60.4 Å². The quantitative estimate of drug-likeness (QED) is 0.166. The topological polar surface area (TPSA) is 42.7 Å². The van der Waals surface area contributed by atoms with Gasteiger partial charge in [-0.2, -0.15) is 0 Å². The molecule has 0 aliphatic heterocycles. The summed E-state index contributed by atoms with van der Waals surface area (Å²) in [5.41, 5.74) is 1.53. The predicted octanol–water partition coefficient (Wildman–Crippen LogP) is 6.94. The number of unbranched alkanes of at least 4 members (excludes halogenated alkanes) is 1. The number of halogens is 2. The van der Waals surface area contributed by atoms with Crippen LogP contribution in [0.2, 0.25) is 0 Å². The molecule has 3 aromatic rings. The van der Waals surface area contributed by atoms with Gasteiger partial charge in [-0.3, -0.25) is 4.79 Å². The summed E-state index contributed by atoms with van der Waals surface area (Å²) < 4.78 is 90.2. The van der Waals surface area contributed by atoms with E-state index in [9.17, 15) is 4.79 Å². The molecule has 0 spiro atoms. The van der Waals surface area contributed by atoms with E-state index in [2.05, 4.69) is 6.92 Å². The summed E-state index contributed by atoms with van der Waals surface area (Å²) in [5, 5.41) is 0.723. The van der Waals surface area contributed by atoms with Crippen LogP contribution in [0, 0.1) is 7.14 Å². The van der Waals surface area contributed by atoms with Crippen molar-refractivity contribution in [1.82, 2.24) is 4.90 Å². The average Bonchev–Trinajstić information content (AvgIpc) is 3.22. The number of carbonyl (C=O) groups is 1. The van der Waals surface area contributed by atoms with Crippen LogP contribution in [-0.4, -0.2) is 36.8 Å². The lowest BCUT2D eigenvalue weighted by molar-refractivity contribution is 0.103. The van der Waals surface area contributed by atoms with Crippen molar-refractivity contribution in [2.45, 2.75) is 39.9 Å². The fourth-order valence-electron chi connectivity index (χ4n) is 3.21. The van der Waals surface area contributed by atoms with Gasteiger partial charge in [0.05, 0.1) is 12.7 Å². The maximum atomic E-state index is 13.7. The number of aryl methyl sites for hydroxylation is 1. The van der Waals surface area contributed by atoms with Gasteiger partial charge in [-0.25, -0.2) is 0 Å². The van der Waals surface area contributed by atoms with Crippen LogP contribution >= 0.6 is 45.2 Å². The van der Waals surface area contributed by atoms with Gasteiger partial charge in [-0.15, -0.1) is 0 Å². The van der Waals surface area contributed by atoms with Crippen molar-refractivity contribution < 1.29 is 27.7 Å². The third-order valence-electron chi connectivity index (χ3n) is 4.74. The Morgan fingerprint density at radius 2 is 1.90 bits per heavy atom. The minimum Gasteiger partial charge on any atom is -0.490 e. The fraction of sp³-hybridized carbons (Fsp3) is 0.400. The first-order valence-corrected chi connectivity index (χ1v) is 11.9. The van der Waals surface area contributed by atoms with Gasteiger partial charge >= 0.3 is 0 Å². The van der Waals surface area contributed by atoms with Gasteiger partial charge in [0.15, 0.2) is 5.78 Å². The van der Waals surface area contributed by atoms with E-state index in [0.29, 0.717) is 41.8 Å². The van der Waals surface area contributed by atoms with Gasteiger partial charge in [0, 0.05) is 37.6 Å². The Labute approximate surface area is 226 Å². The first kappa shape index (κ1) is 14.2. The van der Waals surface area contributed by atoms with Gasteiger partial charge in [0.2, 0.25) is 0 Å². The minimum absolute atomic E-state index is 0.166. The third kappa shape index (κ3) is 5.82. The van der Waals surface area contributed by atoms with Crippen molar-refractivity contribution in [2.24, 2.45) is 0 Å². The third-order valence-corrected chi connectivity index (χ3v) is 6.35. The molecule has 0 saturated heterocycles. The number of fused-ring (bicyclic) bond motifs is 1. The Bertz CT molecular complexity index is 1350. The number of furan rings is 1.